The Hall–Kier alpha value is -4.61. The van der Waals surface area contributed by atoms with Gasteiger partial charge in [0.05, 0.1) is 11.3 Å². The van der Waals surface area contributed by atoms with Crippen molar-refractivity contribution in [2.45, 2.75) is 19.4 Å². The van der Waals surface area contributed by atoms with Crippen molar-refractivity contribution in [3.05, 3.63) is 65.7 Å². The largest absolute Gasteiger partial charge is 0.454 e. The van der Waals surface area contributed by atoms with Crippen LogP contribution in [0.3, 0.4) is 0 Å². The highest BCUT2D eigenvalue weighted by Crippen LogP contribution is 2.19. The molecule has 0 aliphatic carbocycles. The minimum Gasteiger partial charge on any atom is -0.454 e. The molecule has 0 saturated carbocycles. The minimum absolute atomic E-state index is 0.0849. The van der Waals surface area contributed by atoms with Gasteiger partial charge in [-0.1, -0.05) is 0 Å². The molecule has 1 saturated heterocycles. The van der Waals surface area contributed by atoms with E-state index < -0.39 is 5.97 Å². The number of anilines is 4. The molecule has 3 aromatic rings. The van der Waals surface area contributed by atoms with Gasteiger partial charge in [0.15, 0.2) is 12.4 Å². The van der Waals surface area contributed by atoms with Crippen LogP contribution < -0.4 is 21.5 Å². The standard InChI is InChI=1S/C21H18FN7O4/c22-13-3-5-14(6-4-13)24-21-26-16(25-20(23)27-21)11-33-19(32)12-1-7-15(8-2-12)29-18(31)10-9-17(30)28-29/h1-8H,9-11H2,(H,28,30)(H3,23,24,25,26,27). The second-order valence-electron chi connectivity index (χ2n) is 6.95. The maximum atomic E-state index is 13.0. The quantitative estimate of drug-likeness (QED) is 0.477. The second-order valence-corrected chi connectivity index (χ2v) is 6.95. The van der Waals surface area contributed by atoms with Crippen LogP contribution in [0.2, 0.25) is 0 Å². The number of esters is 1. The second kappa shape index (κ2) is 9.26. The highest BCUT2D eigenvalue weighted by atomic mass is 19.1. The molecule has 168 valence electrons. The van der Waals surface area contributed by atoms with Crippen molar-refractivity contribution < 1.29 is 23.5 Å². The fourth-order valence-corrected chi connectivity index (χ4v) is 2.96. The number of rotatable bonds is 6. The third-order valence-corrected chi connectivity index (χ3v) is 4.54. The van der Waals surface area contributed by atoms with Crippen LogP contribution >= 0.6 is 0 Å². The van der Waals surface area contributed by atoms with Gasteiger partial charge >= 0.3 is 5.97 Å². The number of nitrogen functional groups attached to an aromatic ring is 1. The van der Waals surface area contributed by atoms with E-state index in [0.29, 0.717) is 11.4 Å². The Balaban J connectivity index is 1.39. The smallest absolute Gasteiger partial charge is 0.338 e. The Labute approximate surface area is 186 Å². The first kappa shape index (κ1) is 21.6. The number of hydrogen-bond donors (Lipinski definition) is 3. The van der Waals surface area contributed by atoms with Gasteiger partial charge in [-0.05, 0) is 48.5 Å². The van der Waals surface area contributed by atoms with Crippen LogP contribution in [0.15, 0.2) is 48.5 Å². The van der Waals surface area contributed by atoms with E-state index in [9.17, 15) is 18.8 Å². The lowest BCUT2D eigenvalue weighted by molar-refractivity contribution is -0.130. The van der Waals surface area contributed by atoms with Crippen LogP contribution in [0.5, 0.6) is 0 Å². The predicted octanol–water partition coefficient (Wildman–Crippen LogP) is 1.85. The zero-order valence-electron chi connectivity index (χ0n) is 17.1. The number of halogens is 1. The van der Waals surface area contributed by atoms with E-state index in [0.717, 1.165) is 5.01 Å². The molecule has 4 N–H and O–H groups in total. The average molecular weight is 451 g/mol. The Kier molecular flexibility index (Phi) is 6.06. The molecule has 0 unspecified atom stereocenters. The topological polar surface area (TPSA) is 152 Å². The van der Waals surface area contributed by atoms with Crippen LogP contribution in [0.25, 0.3) is 0 Å². The Morgan fingerprint density at radius 2 is 1.79 bits per heavy atom. The van der Waals surface area contributed by atoms with Crippen LogP contribution in [0, 0.1) is 5.82 Å². The zero-order valence-corrected chi connectivity index (χ0v) is 17.1. The van der Waals surface area contributed by atoms with E-state index in [-0.39, 0.29) is 60.4 Å². The molecule has 0 atom stereocenters. The molecular formula is C21H18FN7O4. The van der Waals surface area contributed by atoms with E-state index in [2.05, 4.69) is 25.7 Å². The van der Waals surface area contributed by atoms with E-state index in [4.69, 9.17) is 10.5 Å². The van der Waals surface area contributed by atoms with Gasteiger partial charge in [-0.3, -0.25) is 15.0 Å². The first-order chi connectivity index (χ1) is 15.9. The highest BCUT2D eigenvalue weighted by Gasteiger charge is 2.24. The number of hydrazine groups is 1. The summed E-state index contributed by atoms with van der Waals surface area (Å²) in [7, 11) is 0. The summed E-state index contributed by atoms with van der Waals surface area (Å²) in [5.41, 5.74) is 9.36. The number of nitrogens with one attached hydrogen (secondary N) is 2. The summed E-state index contributed by atoms with van der Waals surface area (Å²) in [5, 5.41) is 4.01. The van der Waals surface area contributed by atoms with Gasteiger partial charge in [0.2, 0.25) is 23.7 Å². The molecule has 2 heterocycles. The molecule has 1 fully saturated rings. The predicted molar refractivity (Wildman–Crippen MR) is 114 cm³/mol. The van der Waals surface area contributed by atoms with Crippen molar-refractivity contribution in [1.82, 2.24) is 20.4 Å². The number of amides is 2. The van der Waals surface area contributed by atoms with Crippen LogP contribution in [-0.2, 0) is 20.9 Å². The number of hydrogen-bond acceptors (Lipinski definition) is 9. The van der Waals surface area contributed by atoms with Gasteiger partial charge < -0.3 is 15.8 Å². The van der Waals surface area contributed by atoms with Crippen LogP contribution in [0.4, 0.5) is 27.7 Å². The van der Waals surface area contributed by atoms with Gasteiger partial charge in [0.1, 0.15) is 5.82 Å². The molecular weight excluding hydrogens is 433 g/mol. The number of nitrogens with two attached hydrogens (primary N) is 1. The van der Waals surface area contributed by atoms with Gasteiger partial charge in [0.25, 0.3) is 0 Å². The molecule has 1 aliphatic rings. The molecule has 2 aromatic carbocycles. The Morgan fingerprint density at radius 1 is 1.06 bits per heavy atom. The Bertz CT molecular complexity index is 1200. The number of benzene rings is 2. The molecule has 12 heteroatoms. The van der Waals surface area contributed by atoms with Gasteiger partial charge in [-0.25, -0.2) is 14.2 Å². The van der Waals surface area contributed by atoms with Crippen molar-refractivity contribution in [2.24, 2.45) is 0 Å². The zero-order chi connectivity index (χ0) is 23.4. The van der Waals surface area contributed by atoms with Crippen LogP contribution in [0.1, 0.15) is 29.0 Å². The minimum atomic E-state index is -0.650. The molecule has 33 heavy (non-hydrogen) atoms. The number of carbonyl (C=O) groups is 3. The molecule has 0 spiro atoms. The van der Waals surface area contributed by atoms with Gasteiger partial charge in [0, 0.05) is 18.5 Å². The first-order valence-electron chi connectivity index (χ1n) is 9.80. The molecule has 1 aliphatic heterocycles. The Morgan fingerprint density at radius 3 is 2.52 bits per heavy atom. The first-order valence-corrected chi connectivity index (χ1v) is 9.80. The summed E-state index contributed by atoms with van der Waals surface area (Å²) in [6.45, 7) is -0.272. The van der Waals surface area contributed by atoms with E-state index in [1.165, 1.54) is 48.5 Å². The van der Waals surface area contributed by atoms with E-state index >= 15 is 0 Å². The highest BCUT2D eigenvalue weighted by molar-refractivity contribution is 6.01. The van der Waals surface area contributed by atoms with Gasteiger partial charge in [-0.15, -0.1) is 0 Å². The summed E-state index contributed by atoms with van der Waals surface area (Å²) in [6.07, 6.45) is 0.255. The molecule has 11 nitrogen and oxygen atoms in total. The summed E-state index contributed by atoms with van der Waals surface area (Å²) < 4.78 is 18.3. The summed E-state index contributed by atoms with van der Waals surface area (Å²) in [4.78, 5) is 47.9. The van der Waals surface area contributed by atoms with E-state index in [1.54, 1.807) is 0 Å². The third kappa shape index (κ3) is 5.36. The molecule has 2 amide bonds. The molecule has 0 bridgehead atoms. The van der Waals surface area contributed by atoms with Crippen molar-refractivity contribution in [1.29, 1.82) is 0 Å². The fourth-order valence-electron chi connectivity index (χ4n) is 2.96. The summed E-state index contributed by atoms with van der Waals surface area (Å²) in [6, 6.07) is 11.5. The summed E-state index contributed by atoms with van der Waals surface area (Å²) in [5.74, 6) is -1.41. The maximum absolute atomic E-state index is 13.0. The lowest BCUT2D eigenvalue weighted by Crippen LogP contribution is -2.50. The molecule has 0 radical (unpaired) electrons. The summed E-state index contributed by atoms with van der Waals surface area (Å²) >= 11 is 0. The SMILES string of the molecule is Nc1nc(COC(=O)c2ccc(N3NC(=O)CCC3=O)cc2)nc(Nc2ccc(F)cc2)n1. The average Bonchev–Trinajstić information content (AvgIpc) is 2.80. The van der Waals surface area contributed by atoms with E-state index in [1.807, 2.05) is 0 Å². The van der Waals surface area contributed by atoms with Crippen molar-refractivity contribution >= 4 is 41.1 Å². The number of ether oxygens (including phenoxy) is 1. The lowest BCUT2D eigenvalue weighted by Gasteiger charge is -2.27. The van der Waals surface area contributed by atoms with Gasteiger partial charge in [-0.2, -0.15) is 15.0 Å². The number of carbonyl (C=O) groups excluding carboxylic acids is 3. The molecule has 4 rings (SSSR count). The number of nitrogens with zero attached hydrogens (tertiary/aromatic N) is 4. The van der Waals surface area contributed by atoms with Crippen molar-refractivity contribution in [3.8, 4) is 0 Å². The third-order valence-electron chi connectivity index (χ3n) is 4.54. The normalized spacial score (nSPS) is 13.4. The van der Waals surface area contributed by atoms with Crippen molar-refractivity contribution in [2.75, 3.05) is 16.1 Å². The molecule has 1 aromatic heterocycles. The lowest BCUT2D eigenvalue weighted by atomic mass is 10.2. The number of aromatic nitrogens is 3. The monoisotopic (exact) mass is 451 g/mol. The van der Waals surface area contributed by atoms with Crippen molar-refractivity contribution in [3.63, 3.8) is 0 Å². The fraction of sp³-hybridized carbons (Fsp3) is 0.143. The maximum Gasteiger partial charge on any atom is 0.338 e. The van der Waals surface area contributed by atoms with Crippen LogP contribution in [-0.4, -0.2) is 32.7 Å².